The van der Waals surface area contributed by atoms with Gasteiger partial charge in [-0.3, -0.25) is 4.79 Å². The first-order valence-electron chi connectivity index (χ1n) is 12.1. The summed E-state index contributed by atoms with van der Waals surface area (Å²) < 4.78 is 13.8. The summed E-state index contributed by atoms with van der Waals surface area (Å²) in [6.07, 6.45) is 1.53. The molecule has 1 unspecified atom stereocenters. The molecule has 4 aromatic rings. The number of nitrogens with zero attached hydrogens (tertiary/aromatic N) is 1. The van der Waals surface area contributed by atoms with Gasteiger partial charge in [0, 0.05) is 23.4 Å². The number of aromatic hydroxyl groups is 1. The van der Waals surface area contributed by atoms with Gasteiger partial charge >= 0.3 is 5.97 Å². The Hall–Kier alpha value is -3.97. The predicted octanol–water partition coefficient (Wildman–Crippen LogP) is 6.26. The molecule has 36 heavy (non-hydrogen) atoms. The molecule has 4 rings (SSSR count). The van der Waals surface area contributed by atoms with Crippen molar-refractivity contribution in [1.29, 1.82) is 0 Å². The Morgan fingerprint density at radius 3 is 2.47 bits per heavy atom. The Labute approximate surface area is 209 Å². The fraction of sp³-hybridized carbons (Fsp3) is 0.241. The Balaban J connectivity index is 1.76. The number of aromatic nitrogens is 1. The molecule has 3 aromatic carbocycles. The molecular weight excluding hydrogens is 457 g/mol. The number of halogens is 1. The van der Waals surface area contributed by atoms with Gasteiger partial charge < -0.3 is 20.5 Å². The highest BCUT2D eigenvalue weighted by atomic mass is 19.1. The van der Waals surface area contributed by atoms with Gasteiger partial charge in [-0.2, -0.15) is 0 Å². The average Bonchev–Trinajstić information content (AvgIpc) is 3.19. The summed E-state index contributed by atoms with van der Waals surface area (Å²) in [6.45, 7) is 5.19. The van der Waals surface area contributed by atoms with Gasteiger partial charge in [0.15, 0.2) is 5.88 Å². The van der Waals surface area contributed by atoms with E-state index in [0.717, 1.165) is 29.7 Å². The lowest BCUT2D eigenvalue weighted by Gasteiger charge is -2.14. The van der Waals surface area contributed by atoms with E-state index in [2.05, 4.69) is 24.1 Å². The van der Waals surface area contributed by atoms with Crippen molar-refractivity contribution in [3.8, 4) is 5.88 Å². The molecule has 0 aliphatic carbocycles. The van der Waals surface area contributed by atoms with Crippen molar-refractivity contribution >= 4 is 28.3 Å². The molecule has 1 heterocycles. The summed E-state index contributed by atoms with van der Waals surface area (Å²) in [7, 11) is 0. The van der Waals surface area contributed by atoms with Crippen molar-refractivity contribution in [2.45, 2.75) is 39.2 Å². The first kappa shape index (κ1) is 25.1. The van der Waals surface area contributed by atoms with Crippen molar-refractivity contribution in [1.82, 2.24) is 10.3 Å². The number of aliphatic imine (C=N–C) groups is 1. The maximum atomic E-state index is 13.8. The molecule has 1 aromatic heterocycles. The molecule has 0 spiro atoms. The molecule has 6 nitrogen and oxygen atoms in total. The SMILES string of the molecule is CCCNC(C)c1ccc(N=C(c2ccc(CCC(=O)O)cc2)c2c(O)[nH]c3cc(F)ccc23)cc1. The highest BCUT2D eigenvalue weighted by Gasteiger charge is 2.19. The minimum atomic E-state index is -0.847. The summed E-state index contributed by atoms with van der Waals surface area (Å²) in [5.74, 6) is -1.35. The lowest BCUT2D eigenvalue weighted by atomic mass is 9.98. The zero-order valence-electron chi connectivity index (χ0n) is 20.4. The highest BCUT2D eigenvalue weighted by Crippen LogP contribution is 2.32. The summed E-state index contributed by atoms with van der Waals surface area (Å²) in [6, 6.07) is 19.9. The highest BCUT2D eigenvalue weighted by molar-refractivity contribution is 6.21. The summed E-state index contributed by atoms with van der Waals surface area (Å²) in [5.41, 5.74) is 4.98. The molecule has 0 fully saturated rings. The molecule has 7 heteroatoms. The van der Waals surface area contributed by atoms with Gasteiger partial charge in [0.2, 0.25) is 0 Å². The average molecular weight is 488 g/mol. The molecule has 4 N–H and O–H groups in total. The van der Waals surface area contributed by atoms with Gasteiger partial charge in [0.1, 0.15) is 5.82 Å². The third-order valence-electron chi connectivity index (χ3n) is 6.17. The largest absolute Gasteiger partial charge is 0.494 e. The lowest BCUT2D eigenvalue weighted by Crippen LogP contribution is -2.19. The van der Waals surface area contributed by atoms with E-state index in [1.54, 1.807) is 6.07 Å². The molecular formula is C29H30FN3O3. The maximum Gasteiger partial charge on any atom is 0.303 e. The third kappa shape index (κ3) is 5.80. The molecule has 0 radical (unpaired) electrons. The quantitative estimate of drug-likeness (QED) is 0.199. The number of aromatic amines is 1. The van der Waals surface area contributed by atoms with Crippen molar-refractivity contribution in [3.63, 3.8) is 0 Å². The number of hydrogen-bond donors (Lipinski definition) is 4. The molecule has 0 amide bonds. The normalized spacial score (nSPS) is 12.7. The molecule has 0 saturated carbocycles. The van der Waals surface area contributed by atoms with Crippen LogP contribution in [-0.4, -0.2) is 33.4 Å². The number of aryl methyl sites for hydroxylation is 1. The van der Waals surface area contributed by atoms with Gasteiger partial charge in [0.05, 0.1) is 22.5 Å². The number of benzene rings is 3. The zero-order chi connectivity index (χ0) is 25.7. The smallest absolute Gasteiger partial charge is 0.303 e. The number of fused-ring (bicyclic) bond motifs is 1. The zero-order valence-corrected chi connectivity index (χ0v) is 20.4. The van der Waals surface area contributed by atoms with Gasteiger partial charge in [-0.15, -0.1) is 0 Å². The maximum absolute atomic E-state index is 13.8. The first-order chi connectivity index (χ1) is 17.4. The number of carbonyl (C=O) groups is 1. The minimum absolute atomic E-state index is 0.0486. The fourth-order valence-electron chi connectivity index (χ4n) is 4.19. The van der Waals surface area contributed by atoms with Crippen molar-refractivity contribution in [3.05, 3.63) is 94.8 Å². The number of rotatable bonds is 10. The Kier molecular flexibility index (Phi) is 7.80. The number of carboxylic acids is 1. The molecule has 1 atom stereocenters. The molecule has 0 bridgehead atoms. The van der Waals surface area contributed by atoms with E-state index in [-0.39, 0.29) is 18.3 Å². The Morgan fingerprint density at radius 2 is 1.81 bits per heavy atom. The number of carboxylic acid groups (broad SMARTS) is 1. The second kappa shape index (κ2) is 11.2. The van der Waals surface area contributed by atoms with Crippen LogP contribution in [0.3, 0.4) is 0 Å². The van der Waals surface area contributed by atoms with Gasteiger partial charge in [-0.05, 0) is 67.8 Å². The predicted molar refractivity (Wildman–Crippen MR) is 141 cm³/mol. The van der Waals surface area contributed by atoms with E-state index in [4.69, 9.17) is 10.1 Å². The molecule has 186 valence electrons. The minimum Gasteiger partial charge on any atom is -0.494 e. The topological polar surface area (TPSA) is 97.7 Å². The number of nitrogens with one attached hydrogen (secondary N) is 2. The van der Waals surface area contributed by atoms with Crippen LogP contribution in [0.25, 0.3) is 10.9 Å². The molecule has 0 saturated heterocycles. The van der Waals surface area contributed by atoms with E-state index in [1.165, 1.54) is 12.1 Å². The van der Waals surface area contributed by atoms with Gasteiger partial charge in [-0.25, -0.2) is 9.38 Å². The van der Waals surface area contributed by atoms with Gasteiger partial charge in [0.25, 0.3) is 0 Å². The summed E-state index contributed by atoms with van der Waals surface area (Å²) >= 11 is 0. The van der Waals surface area contributed by atoms with Crippen molar-refractivity contribution in [2.24, 2.45) is 4.99 Å². The van der Waals surface area contributed by atoms with Crippen LogP contribution in [0, 0.1) is 5.82 Å². The van der Waals surface area contributed by atoms with E-state index in [0.29, 0.717) is 34.3 Å². The molecule has 0 aliphatic heterocycles. The van der Waals surface area contributed by atoms with Crippen molar-refractivity contribution in [2.75, 3.05) is 6.54 Å². The number of H-pyrrole nitrogens is 1. The van der Waals surface area contributed by atoms with Crippen LogP contribution < -0.4 is 5.32 Å². The van der Waals surface area contributed by atoms with Crippen LogP contribution >= 0.6 is 0 Å². The standard InChI is InChI=1S/C29H30FN3O3/c1-3-16-31-18(2)20-9-12-23(13-10-20)32-28(21-7-4-19(5-8-21)6-15-26(34)35)27-24-14-11-22(30)17-25(24)33-29(27)36/h4-5,7-14,17-18,31,33,36H,3,6,15-16H2,1-2H3,(H,34,35). The van der Waals surface area contributed by atoms with Crippen LogP contribution in [0.1, 0.15) is 55.0 Å². The van der Waals surface area contributed by atoms with Crippen molar-refractivity contribution < 1.29 is 19.4 Å². The number of aliphatic carboxylic acids is 1. The van der Waals surface area contributed by atoms with E-state index < -0.39 is 11.8 Å². The lowest BCUT2D eigenvalue weighted by molar-refractivity contribution is -0.136. The molecule has 0 aliphatic rings. The van der Waals surface area contributed by atoms with Crippen LogP contribution in [0.2, 0.25) is 0 Å². The Morgan fingerprint density at radius 1 is 1.08 bits per heavy atom. The second-order valence-corrected chi connectivity index (χ2v) is 8.86. The number of hydrogen-bond acceptors (Lipinski definition) is 4. The van der Waals surface area contributed by atoms with Crippen LogP contribution in [0.15, 0.2) is 71.7 Å². The van der Waals surface area contributed by atoms with Crippen LogP contribution in [0.4, 0.5) is 10.1 Å². The fourth-order valence-corrected chi connectivity index (χ4v) is 4.19. The monoisotopic (exact) mass is 487 g/mol. The first-order valence-corrected chi connectivity index (χ1v) is 12.1. The third-order valence-corrected chi connectivity index (χ3v) is 6.17. The second-order valence-electron chi connectivity index (χ2n) is 8.86. The summed E-state index contributed by atoms with van der Waals surface area (Å²) in [4.78, 5) is 18.7. The van der Waals surface area contributed by atoms with E-state index >= 15 is 0 Å². The van der Waals surface area contributed by atoms with Crippen LogP contribution in [0.5, 0.6) is 5.88 Å². The summed E-state index contributed by atoms with van der Waals surface area (Å²) in [5, 5.41) is 23.9. The Bertz CT molecular complexity index is 1380. The van der Waals surface area contributed by atoms with Crippen LogP contribution in [-0.2, 0) is 11.2 Å². The van der Waals surface area contributed by atoms with E-state index in [9.17, 15) is 14.3 Å². The van der Waals surface area contributed by atoms with Gasteiger partial charge in [-0.1, -0.05) is 43.3 Å². The van der Waals surface area contributed by atoms with E-state index in [1.807, 2.05) is 48.5 Å².